The Morgan fingerprint density at radius 2 is 1.89 bits per heavy atom. The first-order valence-corrected chi connectivity index (χ1v) is 11.7. The lowest BCUT2D eigenvalue weighted by Gasteiger charge is -2.42. The highest BCUT2D eigenvalue weighted by atomic mass is 35.5. The number of phenolic OH excluding ortho intramolecular Hbond substituents is 1. The third-order valence-electron chi connectivity index (χ3n) is 7.50. The number of aliphatic carboxylic acids is 1. The average molecular weight is 496 g/mol. The second-order valence-electron chi connectivity index (χ2n) is 9.41. The highest BCUT2D eigenvalue weighted by molar-refractivity contribution is 6.32. The number of aromatic hydroxyl groups is 1. The molecule has 1 aromatic rings. The highest BCUT2D eigenvalue weighted by Gasteiger charge is 2.56. The summed E-state index contributed by atoms with van der Waals surface area (Å²) in [4.78, 5) is 64.8. The summed E-state index contributed by atoms with van der Waals surface area (Å²) in [6, 6.07) is 4.42. The first-order chi connectivity index (χ1) is 16.6. The number of halogens is 1. The number of fused-ring (bicyclic) bond motifs is 3. The van der Waals surface area contributed by atoms with Gasteiger partial charge in [0.05, 0.1) is 18.3 Å². The van der Waals surface area contributed by atoms with Crippen molar-refractivity contribution in [3.63, 3.8) is 0 Å². The Bertz CT molecular complexity index is 1320. The van der Waals surface area contributed by atoms with Gasteiger partial charge in [-0.1, -0.05) is 29.3 Å². The van der Waals surface area contributed by atoms with Gasteiger partial charge in [-0.3, -0.25) is 28.9 Å². The topological polar surface area (TPSA) is 129 Å². The molecule has 0 spiro atoms. The fourth-order valence-corrected chi connectivity index (χ4v) is 6.24. The number of carbonyl (C=O) groups is 5. The minimum Gasteiger partial charge on any atom is -0.508 e. The number of hydrogen-bond donors (Lipinski definition) is 2. The van der Waals surface area contributed by atoms with Crippen LogP contribution in [0.3, 0.4) is 0 Å². The van der Waals surface area contributed by atoms with Crippen LogP contribution in [0.15, 0.2) is 52.6 Å². The van der Waals surface area contributed by atoms with Gasteiger partial charge in [0.1, 0.15) is 5.75 Å². The fraction of sp³-hybridized carbons (Fsp3) is 0.346. The van der Waals surface area contributed by atoms with Crippen molar-refractivity contribution >= 4 is 41.0 Å². The molecular weight excluding hydrogens is 474 g/mol. The highest BCUT2D eigenvalue weighted by Crippen LogP contribution is 2.55. The molecule has 0 bridgehead atoms. The van der Waals surface area contributed by atoms with E-state index in [1.54, 1.807) is 13.0 Å². The first-order valence-electron chi connectivity index (χ1n) is 11.4. The zero-order chi connectivity index (χ0) is 25.2. The summed E-state index contributed by atoms with van der Waals surface area (Å²) >= 11 is 6.50. The Balaban J connectivity index is 1.64. The quantitative estimate of drug-likeness (QED) is 0.373. The summed E-state index contributed by atoms with van der Waals surface area (Å²) in [5.74, 6) is -5.20. The molecule has 35 heavy (non-hydrogen) atoms. The number of carboxylic acid groups (broad SMARTS) is 1. The Labute approximate surface area is 205 Å². The van der Waals surface area contributed by atoms with Crippen LogP contribution in [0.25, 0.3) is 0 Å². The van der Waals surface area contributed by atoms with E-state index >= 15 is 0 Å². The third-order valence-corrected chi connectivity index (χ3v) is 7.83. The van der Waals surface area contributed by atoms with Gasteiger partial charge in [0, 0.05) is 34.2 Å². The Hall–Kier alpha value is -3.52. The smallest absolute Gasteiger partial charge is 0.305 e. The van der Waals surface area contributed by atoms with E-state index < -0.39 is 41.5 Å². The van der Waals surface area contributed by atoms with Crippen molar-refractivity contribution in [3.05, 3.63) is 63.2 Å². The molecule has 1 saturated heterocycles. The number of imide groups is 1. The molecule has 1 aromatic carbocycles. The number of Topliss-reactive ketones (excluding diaryl/α,β-unsaturated/α-hetero) is 1. The number of likely N-dealkylation sites (tertiary alicyclic amines) is 1. The molecule has 0 aromatic heterocycles. The lowest BCUT2D eigenvalue weighted by Crippen LogP contribution is -2.40. The molecule has 2 N–H and O–H groups in total. The standard InChI is InChI=1S/C26H22ClNO7/c1-11-8-19(30)17-10-16-13(21(23(17)24(11)33)14-3-2-12(29)9-18(14)27)4-5-15-22(16)26(35)28(25(15)34)7-6-20(31)32/h2-4,8-9,15-16,21-22,29H,5-7,10H2,1H3,(H,31,32)/t15-,16+,21+,22-/m0/s1. The van der Waals surface area contributed by atoms with Gasteiger partial charge in [-0.2, -0.15) is 0 Å². The van der Waals surface area contributed by atoms with Crippen LogP contribution >= 0.6 is 11.6 Å². The van der Waals surface area contributed by atoms with Crippen molar-refractivity contribution in [1.29, 1.82) is 0 Å². The van der Waals surface area contributed by atoms with Crippen LogP contribution in [0, 0.1) is 17.8 Å². The number of rotatable bonds is 4. The maximum atomic E-state index is 13.4. The van der Waals surface area contributed by atoms with Crippen LogP contribution in [0.4, 0.5) is 0 Å². The average Bonchev–Trinajstić information content (AvgIpc) is 3.04. The van der Waals surface area contributed by atoms with E-state index in [0.717, 1.165) is 10.5 Å². The normalized spacial score (nSPS) is 27.9. The molecule has 1 aliphatic heterocycles. The summed E-state index contributed by atoms with van der Waals surface area (Å²) in [6.45, 7) is 1.37. The Morgan fingerprint density at radius 1 is 1.14 bits per heavy atom. The van der Waals surface area contributed by atoms with E-state index in [1.807, 2.05) is 6.08 Å². The number of nitrogens with zero attached hydrogens (tertiary/aromatic N) is 1. The number of hydrogen-bond acceptors (Lipinski definition) is 6. The molecule has 9 heteroatoms. The molecule has 1 heterocycles. The van der Waals surface area contributed by atoms with E-state index in [-0.39, 0.29) is 48.1 Å². The fourth-order valence-electron chi connectivity index (χ4n) is 5.96. The second kappa shape index (κ2) is 8.30. The molecule has 3 aliphatic carbocycles. The largest absolute Gasteiger partial charge is 0.508 e. The molecule has 8 nitrogen and oxygen atoms in total. The van der Waals surface area contributed by atoms with Crippen molar-refractivity contribution in [1.82, 2.24) is 4.90 Å². The van der Waals surface area contributed by atoms with Crippen molar-refractivity contribution in [2.45, 2.75) is 32.1 Å². The van der Waals surface area contributed by atoms with E-state index in [1.165, 1.54) is 18.2 Å². The van der Waals surface area contributed by atoms with Gasteiger partial charge in [0.2, 0.25) is 11.8 Å². The Kier molecular flexibility index (Phi) is 5.51. The predicted molar refractivity (Wildman–Crippen MR) is 123 cm³/mol. The molecular formula is C26H22ClNO7. The lowest BCUT2D eigenvalue weighted by molar-refractivity contribution is -0.142. The van der Waals surface area contributed by atoms with Crippen LogP contribution < -0.4 is 0 Å². The zero-order valence-electron chi connectivity index (χ0n) is 18.8. The number of allylic oxidation sites excluding steroid dienone is 6. The van der Waals surface area contributed by atoms with E-state index in [9.17, 15) is 29.1 Å². The molecule has 4 aliphatic rings. The third kappa shape index (κ3) is 3.55. The number of amides is 2. The summed E-state index contributed by atoms with van der Waals surface area (Å²) in [6.07, 6.45) is 3.21. The molecule has 0 saturated carbocycles. The van der Waals surface area contributed by atoms with E-state index in [0.29, 0.717) is 22.3 Å². The summed E-state index contributed by atoms with van der Waals surface area (Å²) in [5, 5.41) is 19.1. The number of benzene rings is 1. The maximum Gasteiger partial charge on any atom is 0.305 e. The minimum atomic E-state index is -1.11. The maximum absolute atomic E-state index is 13.4. The molecule has 0 unspecified atom stereocenters. The molecule has 4 atom stereocenters. The van der Waals surface area contributed by atoms with Crippen LogP contribution in [-0.4, -0.2) is 51.0 Å². The first kappa shape index (κ1) is 23.2. The zero-order valence-corrected chi connectivity index (χ0v) is 19.5. The molecule has 5 rings (SSSR count). The van der Waals surface area contributed by atoms with Gasteiger partial charge in [0.15, 0.2) is 11.6 Å². The van der Waals surface area contributed by atoms with Crippen molar-refractivity contribution in [2.24, 2.45) is 17.8 Å². The van der Waals surface area contributed by atoms with Crippen molar-refractivity contribution in [3.8, 4) is 5.75 Å². The van der Waals surface area contributed by atoms with E-state index in [4.69, 9.17) is 16.7 Å². The molecule has 2 amide bonds. The number of carbonyl (C=O) groups excluding carboxylic acids is 4. The van der Waals surface area contributed by atoms with Gasteiger partial charge in [0.25, 0.3) is 0 Å². The van der Waals surface area contributed by atoms with E-state index in [2.05, 4.69) is 0 Å². The van der Waals surface area contributed by atoms with Gasteiger partial charge in [-0.05, 0) is 49.5 Å². The summed E-state index contributed by atoms with van der Waals surface area (Å²) in [5.41, 5.74) is 2.22. The minimum absolute atomic E-state index is 0.0502. The molecule has 1 fully saturated rings. The number of carboxylic acids is 1. The van der Waals surface area contributed by atoms with Gasteiger partial charge < -0.3 is 10.2 Å². The summed E-state index contributed by atoms with van der Waals surface area (Å²) in [7, 11) is 0. The predicted octanol–water partition coefficient (Wildman–Crippen LogP) is 2.95. The molecule has 180 valence electrons. The van der Waals surface area contributed by atoms with Crippen LogP contribution in [-0.2, 0) is 24.0 Å². The molecule has 0 radical (unpaired) electrons. The Morgan fingerprint density at radius 3 is 2.57 bits per heavy atom. The van der Waals surface area contributed by atoms with Gasteiger partial charge >= 0.3 is 5.97 Å². The second-order valence-corrected chi connectivity index (χ2v) is 9.81. The monoisotopic (exact) mass is 495 g/mol. The SMILES string of the molecule is CC1=CC(=O)C2=C(C1=O)[C@@H](c1ccc(O)cc1Cl)C1=CC[C@@H]3C(=O)N(CCC(=O)O)C(=O)[C@@H]3[C@@H]1C2. The van der Waals surface area contributed by atoms with Crippen LogP contribution in [0.1, 0.15) is 37.7 Å². The van der Waals surface area contributed by atoms with Gasteiger partial charge in [-0.25, -0.2) is 0 Å². The van der Waals surface area contributed by atoms with Crippen LogP contribution in [0.2, 0.25) is 5.02 Å². The van der Waals surface area contributed by atoms with Gasteiger partial charge in [-0.15, -0.1) is 0 Å². The number of phenols is 1. The van der Waals surface area contributed by atoms with Crippen molar-refractivity contribution < 1.29 is 34.2 Å². The van der Waals surface area contributed by atoms with Crippen LogP contribution in [0.5, 0.6) is 5.75 Å². The van der Waals surface area contributed by atoms with Crippen molar-refractivity contribution in [2.75, 3.05) is 6.54 Å². The summed E-state index contributed by atoms with van der Waals surface area (Å²) < 4.78 is 0. The number of ketones is 2. The lowest BCUT2D eigenvalue weighted by atomic mass is 9.59.